The third-order valence-corrected chi connectivity index (χ3v) is 5.79. The Morgan fingerprint density at radius 2 is 1.60 bits per heavy atom. The highest BCUT2D eigenvalue weighted by Crippen LogP contribution is 2.64. The maximum atomic E-state index is 11.9. The first-order valence-electron chi connectivity index (χ1n) is 7.66. The highest BCUT2D eigenvalue weighted by Gasteiger charge is 2.57. The second-order valence-corrected chi connectivity index (χ2v) is 7.16. The van der Waals surface area contributed by atoms with E-state index in [0.29, 0.717) is 5.82 Å². The number of hydrogen-bond acceptors (Lipinski definition) is 3. The van der Waals surface area contributed by atoms with Crippen LogP contribution in [-0.4, -0.2) is 21.0 Å². The van der Waals surface area contributed by atoms with Crippen LogP contribution < -0.4 is 0 Å². The molecule has 106 valence electrons. The molecule has 0 amide bonds. The molecule has 4 nitrogen and oxygen atoms in total. The summed E-state index contributed by atoms with van der Waals surface area (Å²) < 4.78 is 0. The van der Waals surface area contributed by atoms with Crippen molar-refractivity contribution in [3.63, 3.8) is 0 Å². The van der Waals surface area contributed by atoms with Crippen molar-refractivity contribution in [3.8, 4) is 0 Å². The molecule has 20 heavy (non-hydrogen) atoms. The molecule has 0 aromatic carbocycles. The summed E-state index contributed by atoms with van der Waals surface area (Å²) in [6, 6.07) is 1.75. The summed E-state index contributed by atoms with van der Waals surface area (Å²) in [4.78, 5) is 20.5. The van der Waals surface area contributed by atoms with E-state index in [1.54, 1.807) is 18.5 Å². The molecular weight excluding hydrogens is 252 g/mol. The summed E-state index contributed by atoms with van der Waals surface area (Å²) >= 11 is 0. The maximum Gasteiger partial charge on any atom is 0.314 e. The van der Waals surface area contributed by atoms with E-state index < -0.39 is 11.9 Å². The van der Waals surface area contributed by atoms with Crippen molar-refractivity contribution in [2.24, 2.45) is 23.2 Å². The Morgan fingerprint density at radius 1 is 1.10 bits per heavy atom. The third-order valence-electron chi connectivity index (χ3n) is 5.79. The lowest BCUT2D eigenvalue weighted by molar-refractivity contribution is -0.150. The number of nitrogens with zero attached hydrogens (tertiary/aromatic N) is 2. The van der Waals surface area contributed by atoms with E-state index in [4.69, 9.17) is 0 Å². The van der Waals surface area contributed by atoms with Gasteiger partial charge in [0.2, 0.25) is 0 Å². The van der Waals surface area contributed by atoms with Crippen molar-refractivity contribution in [1.82, 2.24) is 9.97 Å². The minimum absolute atomic E-state index is 0.0814. The van der Waals surface area contributed by atoms with Crippen LogP contribution in [0.5, 0.6) is 0 Å². The molecule has 1 unspecified atom stereocenters. The number of carboxylic acid groups (broad SMARTS) is 1. The lowest BCUT2D eigenvalue weighted by Crippen LogP contribution is -2.50. The lowest BCUT2D eigenvalue weighted by Gasteiger charge is -2.58. The SMILES string of the molecule is O=C(O)C(c1ncccn1)C12CC3CC(CC(C3)C1)C2. The molecule has 4 bridgehead atoms. The van der Waals surface area contributed by atoms with Gasteiger partial charge in [-0.25, -0.2) is 9.97 Å². The highest BCUT2D eigenvalue weighted by molar-refractivity contribution is 5.76. The van der Waals surface area contributed by atoms with Gasteiger partial charge in [-0.05, 0) is 67.8 Å². The summed E-state index contributed by atoms with van der Waals surface area (Å²) in [7, 11) is 0. The van der Waals surface area contributed by atoms with Crippen LogP contribution >= 0.6 is 0 Å². The quantitative estimate of drug-likeness (QED) is 0.919. The van der Waals surface area contributed by atoms with Gasteiger partial charge in [0.15, 0.2) is 0 Å². The van der Waals surface area contributed by atoms with Gasteiger partial charge in [-0.2, -0.15) is 0 Å². The highest BCUT2D eigenvalue weighted by atomic mass is 16.4. The molecular formula is C16H20N2O2. The van der Waals surface area contributed by atoms with Crippen LogP contribution in [0.4, 0.5) is 0 Å². The fourth-order valence-corrected chi connectivity index (χ4v) is 5.64. The van der Waals surface area contributed by atoms with E-state index >= 15 is 0 Å². The van der Waals surface area contributed by atoms with Gasteiger partial charge in [0.25, 0.3) is 0 Å². The van der Waals surface area contributed by atoms with Crippen molar-refractivity contribution >= 4 is 5.97 Å². The number of rotatable bonds is 3. The molecule has 4 saturated carbocycles. The van der Waals surface area contributed by atoms with Crippen molar-refractivity contribution in [3.05, 3.63) is 24.3 Å². The molecule has 4 aliphatic rings. The Morgan fingerprint density at radius 3 is 2.05 bits per heavy atom. The Hall–Kier alpha value is -1.45. The molecule has 1 heterocycles. The van der Waals surface area contributed by atoms with E-state index in [-0.39, 0.29) is 5.41 Å². The van der Waals surface area contributed by atoms with Gasteiger partial charge >= 0.3 is 5.97 Å². The van der Waals surface area contributed by atoms with Gasteiger partial charge in [-0.3, -0.25) is 4.79 Å². The minimum Gasteiger partial charge on any atom is -0.481 e. The van der Waals surface area contributed by atoms with Crippen LogP contribution in [0.15, 0.2) is 18.5 Å². The van der Waals surface area contributed by atoms with Gasteiger partial charge in [0.1, 0.15) is 11.7 Å². The van der Waals surface area contributed by atoms with Crippen LogP contribution in [0.3, 0.4) is 0 Å². The van der Waals surface area contributed by atoms with E-state index in [1.165, 1.54) is 19.3 Å². The molecule has 0 aliphatic heterocycles. The van der Waals surface area contributed by atoms with Crippen LogP contribution in [0, 0.1) is 23.2 Å². The van der Waals surface area contributed by atoms with Gasteiger partial charge in [-0.15, -0.1) is 0 Å². The number of aliphatic carboxylic acids is 1. The van der Waals surface area contributed by atoms with Crippen LogP contribution in [0.1, 0.15) is 50.3 Å². The standard InChI is InChI=1S/C16H20N2O2/c19-15(20)13(14-17-2-1-3-18-14)16-7-10-4-11(8-16)6-12(5-10)9-16/h1-3,10-13H,4-9H2,(H,19,20). The first-order valence-corrected chi connectivity index (χ1v) is 7.66. The minimum atomic E-state index is -0.738. The maximum absolute atomic E-state index is 11.9. The fraction of sp³-hybridized carbons (Fsp3) is 0.688. The predicted molar refractivity (Wildman–Crippen MR) is 73.0 cm³/mol. The van der Waals surface area contributed by atoms with Crippen LogP contribution in [-0.2, 0) is 4.79 Å². The topological polar surface area (TPSA) is 63.1 Å². The summed E-state index contributed by atoms with van der Waals surface area (Å²) in [5.74, 6) is 1.49. The first kappa shape index (κ1) is 12.3. The van der Waals surface area contributed by atoms with Crippen molar-refractivity contribution in [2.45, 2.75) is 44.4 Å². The molecule has 1 aromatic rings. The summed E-state index contributed by atoms with van der Waals surface area (Å²) in [6.07, 6.45) is 10.5. The third kappa shape index (κ3) is 1.77. The number of carboxylic acids is 1. The normalized spacial score (nSPS) is 39.7. The van der Waals surface area contributed by atoms with Crippen molar-refractivity contribution < 1.29 is 9.90 Å². The van der Waals surface area contributed by atoms with Gasteiger partial charge < -0.3 is 5.11 Å². The van der Waals surface area contributed by atoms with E-state index in [9.17, 15) is 9.90 Å². The lowest BCUT2D eigenvalue weighted by atomic mass is 9.46. The molecule has 1 N–H and O–H groups in total. The second kappa shape index (κ2) is 4.27. The number of aromatic nitrogens is 2. The Balaban J connectivity index is 1.75. The Kier molecular flexibility index (Phi) is 2.63. The van der Waals surface area contributed by atoms with Crippen molar-refractivity contribution in [1.29, 1.82) is 0 Å². The largest absolute Gasteiger partial charge is 0.481 e. The average molecular weight is 272 g/mol. The molecule has 4 aliphatic carbocycles. The molecule has 4 fully saturated rings. The zero-order chi connectivity index (χ0) is 13.7. The predicted octanol–water partition coefficient (Wildman–Crippen LogP) is 2.86. The van der Waals surface area contributed by atoms with E-state index in [2.05, 4.69) is 9.97 Å². The second-order valence-electron chi connectivity index (χ2n) is 7.16. The molecule has 0 radical (unpaired) electrons. The van der Waals surface area contributed by atoms with Gasteiger partial charge in [-0.1, -0.05) is 0 Å². The monoisotopic (exact) mass is 272 g/mol. The zero-order valence-corrected chi connectivity index (χ0v) is 11.5. The molecule has 5 rings (SSSR count). The Labute approximate surface area is 118 Å². The smallest absolute Gasteiger partial charge is 0.314 e. The van der Waals surface area contributed by atoms with Crippen molar-refractivity contribution in [2.75, 3.05) is 0 Å². The molecule has 1 aromatic heterocycles. The molecule has 4 heteroatoms. The fourth-order valence-electron chi connectivity index (χ4n) is 5.64. The summed E-state index contributed by atoms with van der Waals surface area (Å²) in [5.41, 5.74) is -0.0814. The van der Waals surface area contributed by atoms with Crippen LogP contribution in [0.2, 0.25) is 0 Å². The molecule has 1 atom stereocenters. The van der Waals surface area contributed by atoms with E-state index in [0.717, 1.165) is 37.0 Å². The summed E-state index contributed by atoms with van der Waals surface area (Å²) in [5, 5.41) is 9.81. The average Bonchev–Trinajstić information content (AvgIpc) is 2.37. The van der Waals surface area contributed by atoms with Gasteiger partial charge in [0, 0.05) is 12.4 Å². The summed E-state index contributed by atoms with van der Waals surface area (Å²) in [6.45, 7) is 0. The zero-order valence-electron chi connectivity index (χ0n) is 11.5. The van der Waals surface area contributed by atoms with Gasteiger partial charge in [0.05, 0.1) is 0 Å². The first-order chi connectivity index (χ1) is 9.66. The van der Waals surface area contributed by atoms with E-state index in [1.807, 2.05) is 0 Å². The molecule has 0 saturated heterocycles. The number of carbonyl (C=O) groups is 1. The van der Waals surface area contributed by atoms with Crippen LogP contribution in [0.25, 0.3) is 0 Å². The number of hydrogen-bond donors (Lipinski definition) is 1. The Bertz CT molecular complexity index is 493. The molecule has 0 spiro atoms.